The van der Waals surface area contributed by atoms with E-state index < -0.39 is 0 Å². The Labute approximate surface area is 155 Å². The molecule has 1 aliphatic carbocycles. The predicted octanol–water partition coefficient (Wildman–Crippen LogP) is 6.58. The highest BCUT2D eigenvalue weighted by molar-refractivity contribution is 5.22. The Morgan fingerprint density at radius 3 is 2.08 bits per heavy atom. The summed E-state index contributed by atoms with van der Waals surface area (Å²) in [6.45, 7) is 5.56. The average Bonchev–Trinajstić information content (AvgIpc) is 2.68. The van der Waals surface area contributed by atoms with Crippen molar-refractivity contribution in [1.29, 1.82) is 0 Å². The lowest BCUT2D eigenvalue weighted by Crippen LogP contribution is -2.34. The van der Waals surface area contributed by atoms with Crippen LogP contribution in [0.15, 0.2) is 24.3 Å². The summed E-state index contributed by atoms with van der Waals surface area (Å²) in [6, 6.07) is 9.22. The summed E-state index contributed by atoms with van der Waals surface area (Å²) < 4.78 is 6.35. The molecular weight excluding hydrogens is 304 g/mol. The summed E-state index contributed by atoms with van der Waals surface area (Å²) in [4.78, 5) is 0. The van der Waals surface area contributed by atoms with Crippen LogP contribution in [0.3, 0.4) is 0 Å². The van der Waals surface area contributed by atoms with Crippen molar-refractivity contribution in [3.8, 4) is 0 Å². The van der Waals surface area contributed by atoms with Crippen LogP contribution < -0.4 is 0 Å². The van der Waals surface area contributed by atoms with Gasteiger partial charge in [-0.25, -0.2) is 0 Å². The van der Waals surface area contributed by atoms with E-state index in [1.807, 2.05) is 0 Å². The summed E-state index contributed by atoms with van der Waals surface area (Å²) in [5.41, 5.74) is 2.94. The van der Waals surface area contributed by atoms with Gasteiger partial charge >= 0.3 is 0 Å². The Balaban J connectivity index is 1.36. The van der Waals surface area contributed by atoms with E-state index in [4.69, 9.17) is 4.74 Å². The Hall–Kier alpha value is -0.820. The molecule has 25 heavy (non-hydrogen) atoms. The highest BCUT2D eigenvalue weighted by Crippen LogP contribution is 2.37. The molecule has 1 aliphatic heterocycles. The monoisotopic (exact) mass is 342 g/mol. The van der Waals surface area contributed by atoms with Crippen molar-refractivity contribution in [1.82, 2.24) is 0 Å². The van der Waals surface area contributed by atoms with Crippen molar-refractivity contribution in [3.05, 3.63) is 35.4 Å². The van der Waals surface area contributed by atoms with Crippen molar-refractivity contribution in [2.75, 3.05) is 6.61 Å². The Morgan fingerprint density at radius 1 is 0.800 bits per heavy atom. The van der Waals surface area contributed by atoms with Gasteiger partial charge in [-0.3, -0.25) is 0 Å². The first-order chi connectivity index (χ1) is 12.3. The fourth-order valence-corrected chi connectivity index (χ4v) is 5.00. The van der Waals surface area contributed by atoms with Gasteiger partial charge in [-0.1, -0.05) is 63.8 Å². The lowest BCUT2D eigenvalue weighted by molar-refractivity contribution is -0.0594. The third-order valence-electron chi connectivity index (χ3n) is 6.79. The fraction of sp³-hybridized carbons (Fsp3) is 0.750. The predicted molar refractivity (Wildman–Crippen MR) is 107 cm³/mol. The third-order valence-corrected chi connectivity index (χ3v) is 6.79. The number of hydrogen-bond donors (Lipinski definition) is 0. The van der Waals surface area contributed by atoms with Crippen molar-refractivity contribution in [2.45, 2.75) is 90.6 Å². The standard InChI is InChI=1S/C24H38O/c1-3-5-20-12-15-23(16-13-20)24-17-14-22(18-25-24)11-10-21-8-6-19(4-2)7-9-21/h6-9,20,22-24H,3-5,10-18H2,1-2H3. The van der Waals surface area contributed by atoms with Crippen molar-refractivity contribution in [2.24, 2.45) is 17.8 Å². The van der Waals surface area contributed by atoms with Gasteiger partial charge in [0.1, 0.15) is 0 Å². The van der Waals surface area contributed by atoms with Gasteiger partial charge in [-0.2, -0.15) is 0 Å². The Morgan fingerprint density at radius 2 is 1.48 bits per heavy atom. The van der Waals surface area contributed by atoms with E-state index in [-0.39, 0.29) is 0 Å². The van der Waals surface area contributed by atoms with Crippen LogP contribution >= 0.6 is 0 Å². The van der Waals surface area contributed by atoms with Crippen molar-refractivity contribution < 1.29 is 4.74 Å². The van der Waals surface area contributed by atoms with Gasteiger partial charge in [0.25, 0.3) is 0 Å². The number of aryl methyl sites for hydroxylation is 2. The van der Waals surface area contributed by atoms with Crippen LogP contribution in [0.5, 0.6) is 0 Å². The minimum atomic E-state index is 0.572. The van der Waals surface area contributed by atoms with Gasteiger partial charge < -0.3 is 4.74 Å². The average molecular weight is 343 g/mol. The van der Waals surface area contributed by atoms with E-state index in [2.05, 4.69) is 38.1 Å². The topological polar surface area (TPSA) is 9.23 Å². The van der Waals surface area contributed by atoms with E-state index >= 15 is 0 Å². The molecule has 1 heterocycles. The normalized spacial score (nSPS) is 30.3. The molecule has 0 N–H and O–H groups in total. The van der Waals surface area contributed by atoms with Crippen molar-refractivity contribution in [3.63, 3.8) is 0 Å². The zero-order chi connectivity index (χ0) is 17.5. The molecule has 3 rings (SSSR count). The number of benzene rings is 1. The molecule has 2 fully saturated rings. The van der Waals surface area contributed by atoms with Crippen molar-refractivity contribution >= 4 is 0 Å². The molecule has 1 heteroatoms. The van der Waals surface area contributed by atoms with Crippen LogP contribution in [0, 0.1) is 17.8 Å². The second-order valence-corrected chi connectivity index (χ2v) is 8.59. The molecule has 1 aromatic rings. The molecule has 1 saturated heterocycles. The first kappa shape index (κ1) is 19.0. The summed E-state index contributed by atoms with van der Waals surface area (Å²) in [6.07, 6.45) is 15.5. The minimum absolute atomic E-state index is 0.572. The number of ether oxygens (including phenoxy) is 1. The van der Waals surface area contributed by atoms with E-state index in [9.17, 15) is 0 Å². The molecule has 1 aromatic carbocycles. The highest BCUT2D eigenvalue weighted by atomic mass is 16.5. The highest BCUT2D eigenvalue weighted by Gasteiger charge is 2.31. The molecular formula is C24H38O. The molecule has 0 bridgehead atoms. The van der Waals surface area contributed by atoms with Crippen LogP contribution in [-0.2, 0) is 17.6 Å². The zero-order valence-electron chi connectivity index (χ0n) is 16.5. The molecule has 2 aliphatic rings. The fourth-order valence-electron chi connectivity index (χ4n) is 5.00. The lowest BCUT2D eigenvalue weighted by atomic mass is 9.76. The van der Waals surface area contributed by atoms with E-state index in [1.54, 1.807) is 0 Å². The van der Waals surface area contributed by atoms with E-state index in [1.165, 1.54) is 75.3 Å². The molecule has 0 spiro atoms. The summed E-state index contributed by atoms with van der Waals surface area (Å²) in [7, 11) is 0. The number of hydrogen-bond acceptors (Lipinski definition) is 1. The van der Waals surface area contributed by atoms with Crippen LogP contribution in [0.4, 0.5) is 0 Å². The van der Waals surface area contributed by atoms with Gasteiger partial charge in [-0.05, 0) is 73.8 Å². The van der Waals surface area contributed by atoms with Gasteiger partial charge in [0.05, 0.1) is 6.10 Å². The summed E-state index contributed by atoms with van der Waals surface area (Å²) >= 11 is 0. The Kier molecular flexibility index (Phi) is 7.40. The summed E-state index contributed by atoms with van der Waals surface area (Å²) in [5, 5.41) is 0. The first-order valence-corrected chi connectivity index (χ1v) is 11.0. The van der Waals surface area contributed by atoms with Crippen LogP contribution in [0.1, 0.15) is 82.8 Å². The maximum absolute atomic E-state index is 6.35. The SMILES string of the molecule is CCCC1CCC(C2CCC(CCc3ccc(CC)cc3)CO2)CC1. The lowest BCUT2D eigenvalue weighted by Gasteiger charge is -2.38. The number of rotatable bonds is 7. The molecule has 1 saturated carbocycles. The molecule has 0 aromatic heterocycles. The molecule has 0 amide bonds. The smallest absolute Gasteiger partial charge is 0.0603 e. The molecule has 2 unspecified atom stereocenters. The van der Waals surface area contributed by atoms with Gasteiger partial charge in [0, 0.05) is 6.61 Å². The third kappa shape index (κ3) is 5.58. The second-order valence-electron chi connectivity index (χ2n) is 8.59. The van der Waals surface area contributed by atoms with Crippen LogP contribution in [-0.4, -0.2) is 12.7 Å². The minimum Gasteiger partial charge on any atom is -0.378 e. The molecule has 1 nitrogen and oxygen atoms in total. The quantitative estimate of drug-likeness (QED) is 0.543. The zero-order valence-corrected chi connectivity index (χ0v) is 16.5. The maximum atomic E-state index is 6.35. The maximum Gasteiger partial charge on any atom is 0.0603 e. The van der Waals surface area contributed by atoms with E-state index in [0.29, 0.717) is 6.10 Å². The second kappa shape index (κ2) is 9.76. The largest absolute Gasteiger partial charge is 0.378 e. The van der Waals surface area contributed by atoms with Crippen LogP contribution in [0.25, 0.3) is 0 Å². The van der Waals surface area contributed by atoms with Gasteiger partial charge in [0.15, 0.2) is 0 Å². The van der Waals surface area contributed by atoms with E-state index in [0.717, 1.165) is 30.8 Å². The molecule has 2 atom stereocenters. The first-order valence-electron chi connectivity index (χ1n) is 11.0. The van der Waals surface area contributed by atoms with Gasteiger partial charge in [0.2, 0.25) is 0 Å². The van der Waals surface area contributed by atoms with Crippen LogP contribution in [0.2, 0.25) is 0 Å². The molecule has 0 radical (unpaired) electrons. The van der Waals surface area contributed by atoms with Gasteiger partial charge in [-0.15, -0.1) is 0 Å². The summed E-state index contributed by atoms with van der Waals surface area (Å²) in [5.74, 6) is 2.64. The Bertz CT molecular complexity index is 475. The molecule has 140 valence electrons.